The first-order valence-corrected chi connectivity index (χ1v) is 10.7. The summed E-state index contributed by atoms with van der Waals surface area (Å²) < 4.78 is 0.927. The van der Waals surface area contributed by atoms with Crippen molar-refractivity contribution in [1.29, 1.82) is 0 Å². The van der Waals surface area contributed by atoms with E-state index in [1.54, 1.807) is 5.38 Å². The van der Waals surface area contributed by atoms with Gasteiger partial charge >= 0.3 is 5.97 Å². The summed E-state index contributed by atoms with van der Waals surface area (Å²) in [5.41, 5.74) is 3.84. The van der Waals surface area contributed by atoms with Crippen molar-refractivity contribution in [2.45, 2.75) is 19.3 Å². The number of rotatable bonds is 4. The second-order valence-electron chi connectivity index (χ2n) is 6.86. The van der Waals surface area contributed by atoms with Crippen LogP contribution >= 0.6 is 27.3 Å². The number of carbonyl (C=O) groups excluding carboxylic acids is 1. The van der Waals surface area contributed by atoms with E-state index in [2.05, 4.69) is 33.4 Å². The van der Waals surface area contributed by atoms with Gasteiger partial charge in [-0.1, -0.05) is 52.3 Å². The summed E-state index contributed by atoms with van der Waals surface area (Å²) in [5, 5.41) is 14.3. The Balaban J connectivity index is 1.57. The lowest BCUT2D eigenvalue weighted by molar-refractivity contribution is -0.120. The van der Waals surface area contributed by atoms with Gasteiger partial charge in [0.2, 0.25) is 5.91 Å². The summed E-state index contributed by atoms with van der Waals surface area (Å²) in [5.74, 6) is -1.30. The maximum Gasteiger partial charge on any atom is 0.339 e. The molecule has 0 saturated carbocycles. The lowest BCUT2D eigenvalue weighted by Crippen LogP contribution is -2.28. The molecule has 0 fully saturated rings. The van der Waals surface area contributed by atoms with Gasteiger partial charge in [-0.3, -0.25) is 4.79 Å². The molecule has 0 saturated heterocycles. The highest BCUT2D eigenvalue weighted by Gasteiger charge is 2.27. The van der Waals surface area contributed by atoms with Crippen LogP contribution in [0.2, 0.25) is 0 Å². The first-order valence-electron chi connectivity index (χ1n) is 9.01. The molecule has 4 nitrogen and oxygen atoms in total. The molecule has 3 aromatic rings. The lowest BCUT2D eigenvalue weighted by atomic mass is 9.83. The van der Waals surface area contributed by atoms with Crippen LogP contribution < -0.4 is 5.32 Å². The van der Waals surface area contributed by atoms with Gasteiger partial charge in [-0.15, -0.1) is 11.3 Å². The summed E-state index contributed by atoms with van der Waals surface area (Å²) in [6.45, 7) is 0. The molecule has 4 rings (SSSR count). The van der Waals surface area contributed by atoms with Gasteiger partial charge in [-0.05, 0) is 48.1 Å². The quantitative estimate of drug-likeness (QED) is 0.536. The Morgan fingerprint density at radius 2 is 1.79 bits per heavy atom. The minimum Gasteiger partial charge on any atom is -0.478 e. The monoisotopic (exact) mass is 455 g/mol. The summed E-state index contributed by atoms with van der Waals surface area (Å²) in [6, 6.07) is 15.7. The average Bonchev–Trinajstić information content (AvgIpc) is 3.12. The highest BCUT2D eigenvalue weighted by molar-refractivity contribution is 9.10. The van der Waals surface area contributed by atoms with E-state index in [1.165, 1.54) is 22.5 Å². The molecule has 2 N–H and O–H groups in total. The molecule has 0 spiro atoms. The van der Waals surface area contributed by atoms with E-state index >= 15 is 0 Å². The summed E-state index contributed by atoms with van der Waals surface area (Å²) >= 11 is 4.72. The second kappa shape index (κ2) is 7.89. The van der Waals surface area contributed by atoms with E-state index in [4.69, 9.17) is 0 Å². The molecule has 0 bridgehead atoms. The average molecular weight is 456 g/mol. The third-order valence-corrected chi connectivity index (χ3v) is 6.64. The fraction of sp³-hybridized carbons (Fsp3) is 0.182. The number of nitrogens with one attached hydrogen (secondary N) is 1. The van der Waals surface area contributed by atoms with Crippen LogP contribution in [0, 0.1) is 5.92 Å². The zero-order chi connectivity index (χ0) is 19.7. The molecule has 1 atom stereocenters. The van der Waals surface area contributed by atoms with Crippen molar-refractivity contribution in [3.05, 3.63) is 75.1 Å². The summed E-state index contributed by atoms with van der Waals surface area (Å²) in [7, 11) is 0. The Labute approximate surface area is 175 Å². The van der Waals surface area contributed by atoms with Gasteiger partial charge < -0.3 is 10.4 Å². The lowest BCUT2D eigenvalue weighted by Gasteiger charge is -2.23. The molecule has 1 amide bonds. The van der Waals surface area contributed by atoms with Crippen LogP contribution in [-0.4, -0.2) is 17.0 Å². The molecule has 2 aromatic carbocycles. The second-order valence-corrected chi connectivity index (χ2v) is 8.66. The number of thiophene rings is 1. The molecule has 1 aromatic heterocycles. The Kier molecular flexibility index (Phi) is 5.33. The molecule has 28 heavy (non-hydrogen) atoms. The van der Waals surface area contributed by atoms with Gasteiger partial charge in [-0.25, -0.2) is 4.79 Å². The van der Waals surface area contributed by atoms with Crippen molar-refractivity contribution in [3.63, 3.8) is 0 Å². The fourth-order valence-electron chi connectivity index (χ4n) is 3.63. The smallest absolute Gasteiger partial charge is 0.339 e. The minimum absolute atomic E-state index is 0.114. The number of carboxylic acid groups (broad SMARTS) is 1. The van der Waals surface area contributed by atoms with Crippen LogP contribution in [0.5, 0.6) is 0 Å². The number of hydrogen-bond donors (Lipinski definition) is 2. The molecule has 6 heteroatoms. The predicted molar refractivity (Wildman–Crippen MR) is 115 cm³/mol. The van der Waals surface area contributed by atoms with Crippen LogP contribution in [0.25, 0.3) is 10.4 Å². The van der Waals surface area contributed by atoms with Crippen LogP contribution in [0.4, 0.5) is 5.69 Å². The standard InChI is InChI=1S/C22H18BrNO3S/c23-17-9-7-14(8-10-17)20-19(22(26)27)18(12-28-20)24-21(25)16-6-5-13-3-1-2-4-15(13)11-16/h1-4,7-10,12,16H,5-6,11H2,(H,24,25)(H,26,27). The Bertz CT molecular complexity index is 1040. The van der Waals surface area contributed by atoms with E-state index in [1.807, 2.05) is 36.4 Å². The number of hydrogen-bond acceptors (Lipinski definition) is 3. The maximum absolute atomic E-state index is 12.8. The van der Waals surface area contributed by atoms with Crippen molar-refractivity contribution >= 4 is 44.8 Å². The number of fused-ring (bicyclic) bond motifs is 1. The van der Waals surface area contributed by atoms with Crippen molar-refractivity contribution in [2.75, 3.05) is 5.32 Å². The summed E-state index contributed by atoms with van der Waals surface area (Å²) in [6.07, 6.45) is 2.33. The van der Waals surface area contributed by atoms with Crippen molar-refractivity contribution < 1.29 is 14.7 Å². The molecular formula is C22H18BrNO3S. The van der Waals surface area contributed by atoms with Gasteiger partial charge in [0.05, 0.1) is 10.6 Å². The first kappa shape index (κ1) is 18.9. The largest absolute Gasteiger partial charge is 0.478 e. The number of anilines is 1. The molecular weight excluding hydrogens is 438 g/mol. The van der Waals surface area contributed by atoms with Crippen molar-refractivity contribution in [2.24, 2.45) is 5.92 Å². The minimum atomic E-state index is -1.04. The first-order chi connectivity index (χ1) is 13.5. The molecule has 1 aliphatic carbocycles. The highest BCUT2D eigenvalue weighted by atomic mass is 79.9. The van der Waals surface area contributed by atoms with Gasteiger partial charge in [0, 0.05) is 15.8 Å². The normalized spacial score (nSPS) is 15.7. The van der Waals surface area contributed by atoms with Crippen LogP contribution in [-0.2, 0) is 17.6 Å². The van der Waals surface area contributed by atoms with Gasteiger partial charge in [0.1, 0.15) is 5.56 Å². The van der Waals surface area contributed by atoms with Gasteiger partial charge in [0.25, 0.3) is 0 Å². The fourth-order valence-corrected chi connectivity index (χ4v) is 4.90. The molecule has 1 heterocycles. The SMILES string of the molecule is O=C(O)c1c(NC(=O)C2CCc3ccccc3C2)csc1-c1ccc(Br)cc1. The topological polar surface area (TPSA) is 66.4 Å². The summed E-state index contributed by atoms with van der Waals surface area (Å²) in [4.78, 5) is 25.4. The van der Waals surface area contributed by atoms with E-state index in [-0.39, 0.29) is 17.4 Å². The van der Waals surface area contributed by atoms with E-state index in [0.717, 1.165) is 22.9 Å². The molecule has 1 aliphatic rings. The third-order valence-electron chi connectivity index (χ3n) is 5.09. The van der Waals surface area contributed by atoms with Crippen molar-refractivity contribution in [1.82, 2.24) is 0 Å². The van der Waals surface area contributed by atoms with Crippen LogP contribution in [0.15, 0.2) is 58.4 Å². The number of amides is 1. The number of benzene rings is 2. The molecule has 0 radical (unpaired) electrons. The Hall–Kier alpha value is -2.44. The molecule has 142 valence electrons. The van der Waals surface area contributed by atoms with Gasteiger partial charge in [0.15, 0.2) is 0 Å². The number of carbonyl (C=O) groups is 2. The van der Waals surface area contributed by atoms with E-state index < -0.39 is 5.97 Å². The number of aryl methyl sites for hydroxylation is 1. The van der Waals surface area contributed by atoms with Gasteiger partial charge in [-0.2, -0.15) is 0 Å². The maximum atomic E-state index is 12.8. The number of aromatic carboxylic acids is 1. The highest BCUT2D eigenvalue weighted by Crippen LogP contribution is 2.37. The van der Waals surface area contributed by atoms with Crippen LogP contribution in [0.3, 0.4) is 0 Å². The number of halogens is 1. The molecule has 0 aliphatic heterocycles. The third kappa shape index (κ3) is 3.75. The van der Waals surface area contributed by atoms with Crippen LogP contribution in [0.1, 0.15) is 27.9 Å². The zero-order valence-corrected chi connectivity index (χ0v) is 17.3. The van der Waals surface area contributed by atoms with E-state index in [0.29, 0.717) is 17.0 Å². The Morgan fingerprint density at radius 1 is 1.07 bits per heavy atom. The zero-order valence-electron chi connectivity index (χ0n) is 14.9. The molecule has 1 unspecified atom stereocenters. The van der Waals surface area contributed by atoms with E-state index in [9.17, 15) is 14.7 Å². The number of carboxylic acids is 1. The Morgan fingerprint density at radius 3 is 2.50 bits per heavy atom. The van der Waals surface area contributed by atoms with Crippen molar-refractivity contribution in [3.8, 4) is 10.4 Å². The predicted octanol–water partition coefficient (Wildman–Crippen LogP) is 5.62.